The zero-order chi connectivity index (χ0) is 102. The first kappa shape index (κ1) is 130. The van der Waals surface area contributed by atoms with Gasteiger partial charge in [-0.1, -0.05) is 399 Å². The molecule has 1 rings (SSSR count). The van der Waals surface area contributed by atoms with Crippen molar-refractivity contribution in [1.29, 1.82) is 0 Å². The van der Waals surface area contributed by atoms with Crippen molar-refractivity contribution >= 4 is 59.7 Å². The van der Waals surface area contributed by atoms with E-state index in [1.807, 2.05) is 0 Å². The van der Waals surface area contributed by atoms with Gasteiger partial charge in [-0.3, -0.25) is 52.6 Å². The lowest BCUT2D eigenvalue weighted by Gasteiger charge is -2.32. The fourth-order valence-electron chi connectivity index (χ4n) is 16.3. The van der Waals surface area contributed by atoms with Crippen LogP contribution in [-0.2, 0) is 108 Å². The van der Waals surface area contributed by atoms with Gasteiger partial charge in [-0.05, 0) is 86.5 Å². The Morgan fingerprint density at radius 1 is 0.232 bits per heavy atom. The van der Waals surface area contributed by atoms with Crippen LogP contribution < -0.4 is 0 Å². The molecule has 27 heteroatoms. The minimum Gasteiger partial charge on any atom is -0.465 e. The van der Waals surface area contributed by atoms with Gasteiger partial charge in [0.05, 0.1) is 39.2 Å². The Kier molecular flexibility index (Phi) is 79.0. The smallest absolute Gasteiger partial charge is 0.319 e. The van der Waals surface area contributed by atoms with E-state index < -0.39 is 178 Å². The molecular formula is C111H201N3O24. The summed E-state index contributed by atoms with van der Waals surface area (Å²) >= 11 is 0. The van der Waals surface area contributed by atoms with Crippen molar-refractivity contribution in [2.24, 2.45) is 32.5 Å². The Labute approximate surface area is 835 Å². The molecule has 0 fully saturated rings. The molecule has 4 N–H and O–H groups in total. The maximum atomic E-state index is 14.9. The third-order valence-electron chi connectivity index (χ3n) is 27.0. The van der Waals surface area contributed by atoms with Gasteiger partial charge in [0.2, 0.25) is 0 Å². The molecule has 0 bridgehead atoms. The average Bonchev–Trinajstić information content (AvgIpc) is 0.858. The van der Waals surface area contributed by atoms with Gasteiger partial charge in [-0.2, -0.15) is 0 Å². The standard InChI is InChI=1S/C111H201N3O24/c1-11-15-19-23-27-31-35-39-43-47-51-55-59-63-69-75-96(119)131-87-108(7,88-132-97(120)76-70-64-60-56-52-48-44-40-36-32-28-24-20-16-12-2)104(127)137-93-111(10,103(126)130-82-95-81-114(113-112-95)79-73-67-68-74-80-129-102(125)110(9,91-135-100(123)106(5,83-115)84-116)92-136-101(124)107(6,85-117)86-118)94-138-105(128)109(8,89-133-98(121)77-71-65-61-57-53-49-45-41-37-33-29-25-21-17-13-3)90-134-99(122)78-72-66-62-58-54-50-46-42-38-34-30-26-22-18-14-4/h81,115-118H,11-80,82-94H2,1-10H3. The van der Waals surface area contributed by atoms with Crippen LogP contribution in [0.5, 0.6) is 0 Å². The Morgan fingerprint density at radius 3 is 0.638 bits per heavy atom. The van der Waals surface area contributed by atoms with Crippen LogP contribution in [0.4, 0.5) is 0 Å². The number of carbonyl (C=O) groups is 10. The quantitative estimate of drug-likeness (QED) is 0.0267. The summed E-state index contributed by atoms with van der Waals surface area (Å²) in [5, 5.41) is 47.6. The summed E-state index contributed by atoms with van der Waals surface area (Å²) in [6.45, 7) is 8.84. The lowest BCUT2D eigenvalue weighted by Crippen LogP contribution is -2.46. The molecule has 27 nitrogen and oxygen atoms in total. The monoisotopic (exact) mass is 1960 g/mol. The molecule has 0 spiro atoms. The van der Waals surface area contributed by atoms with Crippen molar-refractivity contribution in [2.45, 2.75) is 519 Å². The molecule has 1 aromatic heterocycles. The second kappa shape index (κ2) is 84.1. The molecule has 0 saturated heterocycles. The molecule has 0 aliphatic heterocycles. The summed E-state index contributed by atoms with van der Waals surface area (Å²) < 4.78 is 59.3. The van der Waals surface area contributed by atoms with Gasteiger partial charge in [0, 0.05) is 32.2 Å². The number of nitrogens with zero attached hydrogens (tertiary/aromatic N) is 3. The lowest BCUT2D eigenvalue weighted by molar-refractivity contribution is -0.184. The maximum absolute atomic E-state index is 14.9. The number of unbranched alkanes of at least 4 members (excludes halogenated alkanes) is 59. The third kappa shape index (κ3) is 65.1. The van der Waals surface area contributed by atoms with E-state index in [0.29, 0.717) is 57.9 Å². The Hall–Kier alpha value is -6.32. The summed E-state index contributed by atoms with van der Waals surface area (Å²) in [6.07, 6.45) is 73.5. The van der Waals surface area contributed by atoms with Crippen molar-refractivity contribution < 1.29 is 116 Å². The molecular weight excluding hydrogens is 1760 g/mol. The number of rotatable bonds is 99. The van der Waals surface area contributed by atoms with Crippen molar-refractivity contribution in [2.75, 3.05) is 85.9 Å². The van der Waals surface area contributed by atoms with Gasteiger partial charge in [0.25, 0.3) is 0 Å². The van der Waals surface area contributed by atoms with Crippen LogP contribution in [0.25, 0.3) is 0 Å². The number of esters is 10. The van der Waals surface area contributed by atoms with Gasteiger partial charge in [0.1, 0.15) is 97.6 Å². The van der Waals surface area contributed by atoms with E-state index in [9.17, 15) is 68.4 Å². The number of hydrogen-bond acceptors (Lipinski definition) is 26. The predicted octanol–water partition coefficient (Wildman–Crippen LogP) is 24.8. The first-order chi connectivity index (χ1) is 66.6. The van der Waals surface area contributed by atoms with Crippen LogP contribution in [0.2, 0.25) is 0 Å². The molecule has 0 atom stereocenters. The van der Waals surface area contributed by atoms with Gasteiger partial charge >= 0.3 is 59.7 Å². The van der Waals surface area contributed by atoms with E-state index in [2.05, 4.69) is 38.0 Å². The summed E-state index contributed by atoms with van der Waals surface area (Å²) in [7, 11) is 0. The third-order valence-corrected chi connectivity index (χ3v) is 27.0. The zero-order valence-electron chi connectivity index (χ0n) is 89.1. The number of carbonyl (C=O) groups excluding carboxylic acids is 10. The largest absolute Gasteiger partial charge is 0.465 e. The molecule has 0 aliphatic carbocycles. The first-order valence-corrected chi connectivity index (χ1v) is 55.6. The predicted molar refractivity (Wildman–Crippen MR) is 542 cm³/mol. The number of aromatic nitrogens is 3. The topological polar surface area (TPSA) is 375 Å². The molecule has 0 aromatic carbocycles. The Balaban J connectivity index is 3.60. The first-order valence-electron chi connectivity index (χ1n) is 55.6. The number of aliphatic hydroxyl groups is 4. The van der Waals surface area contributed by atoms with Gasteiger partial charge in [-0.15, -0.1) is 5.10 Å². The van der Waals surface area contributed by atoms with Crippen molar-refractivity contribution in [3.8, 4) is 0 Å². The number of aryl methyl sites for hydroxylation is 1. The molecule has 138 heavy (non-hydrogen) atoms. The summed E-state index contributed by atoms with van der Waals surface area (Å²) in [6, 6.07) is 0. The molecule has 1 heterocycles. The SMILES string of the molecule is CCCCCCCCCCCCCCCCCC(=O)OCC(C)(COC(=O)CCCCCCCCCCCCCCCCC)C(=O)OCC(C)(COC(=O)C(C)(COC(=O)CCCCCCCCCCCCCCCCC)COC(=O)CCCCCCCCCCCCCCCCC)C(=O)OCc1cn(CCCCCCOC(=O)C(C)(COC(=O)C(C)(CO)CO)COC(=O)C(C)(CO)CO)nn1. The minimum absolute atomic E-state index is 0.0880. The molecule has 0 radical (unpaired) electrons. The molecule has 0 amide bonds. The van der Waals surface area contributed by atoms with Crippen LogP contribution in [0, 0.1) is 32.5 Å². The molecule has 0 saturated carbocycles. The fraction of sp³-hybridized carbons (Fsp3) is 0.892. The molecule has 0 unspecified atom stereocenters. The van der Waals surface area contributed by atoms with Crippen molar-refractivity contribution in [3.63, 3.8) is 0 Å². The summed E-state index contributed by atoms with van der Waals surface area (Å²) in [4.78, 5) is 139. The molecule has 804 valence electrons. The molecule has 1 aromatic rings. The highest BCUT2D eigenvalue weighted by molar-refractivity contribution is 5.83. The van der Waals surface area contributed by atoms with E-state index >= 15 is 0 Å². The highest BCUT2D eigenvalue weighted by Crippen LogP contribution is 2.32. The highest BCUT2D eigenvalue weighted by atomic mass is 16.6. The number of ether oxygens (including phenoxy) is 10. The van der Waals surface area contributed by atoms with E-state index in [0.717, 1.165) is 103 Å². The zero-order valence-corrected chi connectivity index (χ0v) is 89.1. The van der Waals surface area contributed by atoms with Gasteiger partial charge in [0.15, 0.2) is 0 Å². The van der Waals surface area contributed by atoms with E-state index in [4.69, 9.17) is 47.4 Å². The van der Waals surface area contributed by atoms with Crippen LogP contribution in [0.1, 0.15) is 512 Å². The fourth-order valence-corrected chi connectivity index (χ4v) is 16.3. The summed E-state index contributed by atoms with van der Waals surface area (Å²) in [5.74, 6) is -8.09. The van der Waals surface area contributed by atoms with Crippen molar-refractivity contribution in [3.05, 3.63) is 11.9 Å². The van der Waals surface area contributed by atoms with Crippen LogP contribution in [0.15, 0.2) is 6.20 Å². The van der Waals surface area contributed by atoms with Gasteiger partial charge in [-0.25, -0.2) is 0 Å². The van der Waals surface area contributed by atoms with Crippen LogP contribution in [0.3, 0.4) is 0 Å². The average molecular weight is 1960 g/mol. The molecule has 0 aliphatic rings. The van der Waals surface area contributed by atoms with Crippen molar-refractivity contribution in [1.82, 2.24) is 15.0 Å². The lowest BCUT2D eigenvalue weighted by atomic mass is 9.90. The highest BCUT2D eigenvalue weighted by Gasteiger charge is 2.47. The van der Waals surface area contributed by atoms with Crippen LogP contribution >= 0.6 is 0 Å². The second-order valence-corrected chi connectivity index (χ2v) is 41.8. The van der Waals surface area contributed by atoms with E-state index in [1.165, 1.54) is 298 Å². The van der Waals surface area contributed by atoms with E-state index in [1.54, 1.807) is 10.9 Å². The Bertz CT molecular complexity index is 2980. The van der Waals surface area contributed by atoms with E-state index in [-0.39, 0.29) is 38.0 Å². The van der Waals surface area contributed by atoms with Gasteiger partial charge < -0.3 is 67.8 Å². The normalized spacial score (nSPS) is 12.1. The Morgan fingerprint density at radius 2 is 0.413 bits per heavy atom. The number of hydrogen-bond donors (Lipinski definition) is 4. The van der Waals surface area contributed by atoms with Crippen LogP contribution in [-0.4, -0.2) is 181 Å². The maximum Gasteiger partial charge on any atom is 0.319 e. The number of aliphatic hydroxyl groups excluding tert-OH is 4. The second-order valence-electron chi connectivity index (χ2n) is 41.8. The summed E-state index contributed by atoms with van der Waals surface area (Å²) in [5.41, 5.74) is -10.6. The minimum atomic E-state index is -2.01.